The third kappa shape index (κ3) is 3.90. The van der Waals surface area contributed by atoms with Crippen LogP contribution in [-0.2, 0) is 17.8 Å². The van der Waals surface area contributed by atoms with Crippen LogP contribution in [0.15, 0.2) is 67.1 Å². The Kier molecular flexibility index (Phi) is 5.09. The zero-order chi connectivity index (χ0) is 19.3. The van der Waals surface area contributed by atoms with Gasteiger partial charge in [-0.25, -0.2) is 9.07 Å². The van der Waals surface area contributed by atoms with Crippen molar-refractivity contribution in [2.75, 3.05) is 6.54 Å². The number of benzene rings is 2. The number of nitrogens with zero attached hydrogens (tertiary/aromatic N) is 5. The number of hydrogen-bond acceptors (Lipinski definition) is 4. The Morgan fingerprint density at radius 3 is 2.79 bits per heavy atom. The van der Waals surface area contributed by atoms with Gasteiger partial charge < -0.3 is 9.88 Å². The number of rotatable bonds is 7. The molecule has 0 radical (unpaired) electrons. The van der Waals surface area contributed by atoms with Crippen LogP contribution in [-0.4, -0.2) is 37.2 Å². The third-order valence-corrected chi connectivity index (χ3v) is 4.65. The molecule has 1 N–H and O–H groups in total. The minimum atomic E-state index is -0.545. The summed E-state index contributed by atoms with van der Waals surface area (Å²) in [5.74, 6) is -0.447. The molecule has 2 aromatic heterocycles. The molecule has 142 valence electrons. The van der Waals surface area contributed by atoms with E-state index in [1.54, 1.807) is 6.07 Å². The predicted octanol–water partition coefficient (Wildman–Crippen LogP) is 2.37. The van der Waals surface area contributed by atoms with Crippen LogP contribution >= 0.6 is 0 Å². The van der Waals surface area contributed by atoms with E-state index in [0.29, 0.717) is 19.5 Å². The predicted molar refractivity (Wildman–Crippen MR) is 102 cm³/mol. The van der Waals surface area contributed by atoms with Crippen molar-refractivity contribution in [3.63, 3.8) is 0 Å². The van der Waals surface area contributed by atoms with E-state index >= 15 is 0 Å². The van der Waals surface area contributed by atoms with E-state index in [-0.39, 0.29) is 11.7 Å². The van der Waals surface area contributed by atoms with Crippen LogP contribution in [0.5, 0.6) is 0 Å². The van der Waals surface area contributed by atoms with E-state index in [4.69, 9.17) is 0 Å². The number of tetrazole rings is 1. The molecule has 0 spiro atoms. The zero-order valence-electron chi connectivity index (χ0n) is 15.1. The molecule has 1 amide bonds. The molecule has 1 unspecified atom stereocenters. The average molecular weight is 378 g/mol. The second-order valence-corrected chi connectivity index (χ2v) is 6.50. The normalized spacial score (nSPS) is 12.2. The van der Waals surface area contributed by atoms with Crippen molar-refractivity contribution in [3.8, 4) is 0 Å². The number of halogens is 1. The fourth-order valence-electron chi connectivity index (χ4n) is 3.22. The molecule has 28 heavy (non-hydrogen) atoms. The molecule has 0 saturated heterocycles. The summed E-state index contributed by atoms with van der Waals surface area (Å²) < 4.78 is 16.9. The summed E-state index contributed by atoms with van der Waals surface area (Å²) in [5.41, 5.74) is 1.82. The van der Waals surface area contributed by atoms with Crippen molar-refractivity contribution in [3.05, 3.63) is 78.5 Å². The molecule has 2 heterocycles. The maximum Gasteiger partial charge on any atom is 0.245 e. The van der Waals surface area contributed by atoms with Crippen molar-refractivity contribution in [2.24, 2.45) is 0 Å². The summed E-state index contributed by atoms with van der Waals surface area (Å²) in [4.78, 5) is 12.8. The van der Waals surface area contributed by atoms with Crippen LogP contribution in [0.25, 0.3) is 10.9 Å². The Morgan fingerprint density at radius 1 is 1.14 bits per heavy atom. The number of aromatic nitrogens is 5. The maximum absolute atomic E-state index is 13.5. The Balaban J connectivity index is 1.43. The first-order valence-electron chi connectivity index (χ1n) is 8.99. The van der Waals surface area contributed by atoms with Crippen molar-refractivity contribution >= 4 is 16.8 Å². The Bertz CT molecular complexity index is 1060. The molecule has 0 saturated carbocycles. The summed E-state index contributed by atoms with van der Waals surface area (Å²) in [6.45, 7) is 0.943. The molecule has 0 bridgehead atoms. The molecule has 2 aromatic carbocycles. The van der Waals surface area contributed by atoms with E-state index in [9.17, 15) is 9.18 Å². The molecular weight excluding hydrogens is 359 g/mol. The highest BCUT2D eigenvalue weighted by Crippen LogP contribution is 2.17. The first-order valence-corrected chi connectivity index (χ1v) is 8.99. The first-order chi connectivity index (χ1) is 13.7. The largest absolute Gasteiger partial charge is 0.352 e. The smallest absolute Gasteiger partial charge is 0.245 e. The topological polar surface area (TPSA) is 77.6 Å². The van der Waals surface area contributed by atoms with E-state index in [2.05, 4.69) is 20.8 Å². The Morgan fingerprint density at radius 2 is 2.00 bits per heavy atom. The van der Waals surface area contributed by atoms with Gasteiger partial charge in [-0.1, -0.05) is 30.3 Å². The summed E-state index contributed by atoms with van der Waals surface area (Å²) >= 11 is 0. The average Bonchev–Trinajstić information content (AvgIpc) is 3.37. The highest BCUT2D eigenvalue weighted by molar-refractivity contribution is 5.81. The summed E-state index contributed by atoms with van der Waals surface area (Å²) in [6, 6.07) is 15.8. The fourth-order valence-corrected chi connectivity index (χ4v) is 3.22. The zero-order valence-corrected chi connectivity index (χ0v) is 15.1. The lowest BCUT2D eigenvalue weighted by atomic mass is 10.1. The van der Waals surface area contributed by atoms with Crippen LogP contribution in [0.4, 0.5) is 4.39 Å². The van der Waals surface area contributed by atoms with Crippen molar-refractivity contribution in [2.45, 2.75) is 19.0 Å². The van der Waals surface area contributed by atoms with Gasteiger partial charge in [0.1, 0.15) is 18.2 Å². The van der Waals surface area contributed by atoms with Gasteiger partial charge in [0.15, 0.2) is 0 Å². The molecule has 1 atom stereocenters. The molecule has 7 nitrogen and oxygen atoms in total. The monoisotopic (exact) mass is 378 g/mol. The van der Waals surface area contributed by atoms with Gasteiger partial charge in [-0.3, -0.25) is 4.79 Å². The van der Waals surface area contributed by atoms with Gasteiger partial charge in [-0.2, -0.15) is 0 Å². The van der Waals surface area contributed by atoms with E-state index in [1.807, 2.05) is 47.2 Å². The SMILES string of the molecule is O=C(NCCn1ccc2ccc(F)cc21)C(Cc1ccccc1)n1cnnn1. The van der Waals surface area contributed by atoms with Gasteiger partial charge in [0, 0.05) is 25.7 Å². The molecule has 0 fully saturated rings. The summed E-state index contributed by atoms with van der Waals surface area (Å²) in [5, 5.41) is 15.1. The lowest BCUT2D eigenvalue weighted by Crippen LogP contribution is -2.36. The highest BCUT2D eigenvalue weighted by Gasteiger charge is 2.22. The second kappa shape index (κ2) is 7.99. The minimum Gasteiger partial charge on any atom is -0.352 e. The summed E-state index contributed by atoms with van der Waals surface area (Å²) in [6.07, 6.45) is 3.81. The molecule has 8 heteroatoms. The van der Waals surface area contributed by atoms with Crippen LogP contribution in [0, 0.1) is 5.82 Å². The maximum atomic E-state index is 13.5. The van der Waals surface area contributed by atoms with Gasteiger partial charge in [-0.05, 0) is 45.6 Å². The summed E-state index contributed by atoms with van der Waals surface area (Å²) in [7, 11) is 0. The molecule has 0 aliphatic carbocycles. The second-order valence-electron chi connectivity index (χ2n) is 6.50. The van der Waals surface area contributed by atoms with Crippen LogP contribution < -0.4 is 5.32 Å². The lowest BCUT2D eigenvalue weighted by Gasteiger charge is -2.16. The van der Waals surface area contributed by atoms with Gasteiger partial charge in [0.2, 0.25) is 5.91 Å². The van der Waals surface area contributed by atoms with Crippen LogP contribution in [0.1, 0.15) is 11.6 Å². The molecule has 4 aromatic rings. The molecule has 4 rings (SSSR count). The number of fused-ring (bicyclic) bond motifs is 1. The standard InChI is InChI=1S/C20H19FN6O/c21-17-7-6-16-8-10-26(18(16)13-17)11-9-22-20(28)19(27-14-23-24-25-27)12-15-4-2-1-3-5-15/h1-8,10,13-14,19H,9,11-12H2,(H,22,28). The van der Waals surface area contributed by atoms with Gasteiger partial charge in [-0.15, -0.1) is 5.10 Å². The van der Waals surface area contributed by atoms with Crippen LogP contribution in [0.3, 0.4) is 0 Å². The van der Waals surface area contributed by atoms with Gasteiger partial charge >= 0.3 is 0 Å². The number of amides is 1. The fraction of sp³-hybridized carbons (Fsp3) is 0.200. The van der Waals surface area contributed by atoms with E-state index in [0.717, 1.165) is 16.5 Å². The van der Waals surface area contributed by atoms with Crippen molar-refractivity contribution in [1.82, 2.24) is 30.1 Å². The highest BCUT2D eigenvalue weighted by atomic mass is 19.1. The van der Waals surface area contributed by atoms with Crippen molar-refractivity contribution < 1.29 is 9.18 Å². The molecule has 0 aliphatic heterocycles. The van der Waals surface area contributed by atoms with E-state index < -0.39 is 6.04 Å². The number of nitrogens with one attached hydrogen (secondary N) is 1. The Labute approximate surface area is 160 Å². The molecule has 0 aliphatic rings. The van der Waals surface area contributed by atoms with E-state index in [1.165, 1.54) is 23.1 Å². The lowest BCUT2D eigenvalue weighted by molar-refractivity contribution is -0.124. The van der Waals surface area contributed by atoms with Gasteiger partial charge in [0.25, 0.3) is 0 Å². The van der Waals surface area contributed by atoms with Crippen LogP contribution in [0.2, 0.25) is 0 Å². The number of hydrogen-bond donors (Lipinski definition) is 1. The number of carbonyl (C=O) groups is 1. The van der Waals surface area contributed by atoms with Crippen molar-refractivity contribution in [1.29, 1.82) is 0 Å². The Hall–Kier alpha value is -3.55. The number of carbonyl (C=O) groups excluding carboxylic acids is 1. The quantitative estimate of drug-likeness (QED) is 0.536. The minimum absolute atomic E-state index is 0.168. The molecular formula is C20H19FN6O. The third-order valence-electron chi connectivity index (χ3n) is 4.65. The van der Waals surface area contributed by atoms with Gasteiger partial charge in [0.05, 0.1) is 5.52 Å². The first kappa shape index (κ1) is 17.8.